The monoisotopic (exact) mass is 418 g/mol. The Morgan fingerprint density at radius 1 is 1.31 bits per heavy atom. The number of nitrogens with zero attached hydrogens (tertiary/aromatic N) is 2. The number of aromatic nitrogens is 1. The Labute approximate surface area is 169 Å². The molecule has 154 valence electrons. The van der Waals surface area contributed by atoms with Crippen LogP contribution in [0.1, 0.15) is 49.6 Å². The van der Waals surface area contributed by atoms with E-state index in [1.165, 1.54) is 23.8 Å². The third-order valence-corrected chi connectivity index (χ3v) is 5.54. The lowest BCUT2D eigenvalue weighted by molar-refractivity contribution is -0.0643. The predicted octanol–water partition coefficient (Wildman–Crippen LogP) is 1.88. The SMILES string of the molecule is CC(OS(C)(=O)=O)c1ccn([C@H]2c3cc(C#N)ccc3OC(C)(C)[C@@H]2O)c(=O)c1. The highest BCUT2D eigenvalue weighted by atomic mass is 32.2. The van der Waals surface area contributed by atoms with Crippen LogP contribution in [0.25, 0.3) is 0 Å². The average molecular weight is 418 g/mol. The quantitative estimate of drug-likeness (QED) is 0.753. The van der Waals surface area contributed by atoms with Crippen LogP contribution in [0.3, 0.4) is 0 Å². The molecule has 0 saturated heterocycles. The molecule has 2 aromatic rings. The molecule has 1 aliphatic heterocycles. The standard InChI is InChI=1S/C20H22N2O6S/c1-12(28-29(4,25)26)14-7-8-22(17(23)10-14)18-15-9-13(11-21)5-6-16(15)27-20(2,3)19(18)24/h5-10,12,18-19,24H,1-4H3/t12?,18-,19+/m0/s1. The van der Waals surface area contributed by atoms with Crippen LogP contribution >= 0.6 is 0 Å². The summed E-state index contributed by atoms with van der Waals surface area (Å²) >= 11 is 0. The smallest absolute Gasteiger partial charge is 0.264 e. The molecule has 1 unspecified atom stereocenters. The summed E-state index contributed by atoms with van der Waals surface area (Å²) in [7, 11) is -3.68. The van der Waals surface area contributed by atoms with Crippen molar-refractivity contribution in [2.45, 2.75) is 44.6 Å². The van der Waals surface area contributed by atoms with Gasteiger partial charge >= 0.3 is 0 Å². The van der Waals surface area contributed by atoms with Crippen molar-refractivity contribution in [2.75, 3.05) is 6.26 Å². The van der Waals surface area contributed by atoms with Gasteiger partial charge in [-0.25, -0.2) is 0 Å². The van der Waals surface area contributed by atoms with E-state index in [9.17, 15) is 23.6 Å². The van der Waals surface area contributed by atoms with Gasteiger partial charge in [0.05, 0.1) is 30.0 Å². The molecule has 3 atom stereocenters. The van der Waals surface area contributed by atoms with Gasteiger partial charge in [0.2, 0.25) is 0 Å². The predicted molar refractivity (Wildman–Crippen MR) is 105 cm³/mol. The zero-order valence-corrected chi connectivity index (χ0v) is 17.3. The van der Waals surface area contributed by atoms with Gasteiger partial charge in [-0.1, -0.05) is 0 Å². The summed E-state index contributed by atoms with van der Waals surface area (Å²) in [6, 6.07) is 8.96. The fraction of sp³-hybridized carbons (Fsp3) is 0.400. The Hall–Kier alpha value is -2.67. The molecule has 0 aliphatic carbocycles. The lowest BCUT2D eigenvalue weighted by atomic mass is 9.85. The third kappa shape index (κ3) is 4.19. The summed E-state index contributed by atoms with van der Waals surface area (Å²) < 4.78 is 34.8. The molecule has 0 spiro atoms. The molecule has 0 amide bonds. The maximum absolute atomic E-state index is 12.9. The molecule has 2 heterocycles. The summed E-state index contributed by atoms with van der Waals surface area (Å²) in [6.45, 7) is 4.96. The lowest BCUT2D eigenvalue weighted by Gasteiger charge is -2.42. The highest BCUT2D eigenvalue weighted by Gasteiger charge is 2.44. The van der Waals surface area contributed by atoms with Crippen molar-refractivity contribution in [1.82, 2.24) is 4.57 Å². The molecule has 29 heavy (non-hydrogen) atoms. The van der Waals surface area contributed by atoms with E-state index in [1.54, 1.807) is 38.1 Å². The van der Waals surface area contributed by atoms with Crippen LogP contribution < -0.4 is 10.3 Å². The summed E-state index contributed by atoms with van der Waals surface area (Å²) in [5.41, 5.74) is -0.128. The van der Waals surface area contributed by atoms with Crippen molar-refractivity contribution in [3.05, 3.63) is 63.6 Å². The number of ether oxygens (including phenoxy) is 1. The van der Waals surface area contributed by atoms with Gasteiger partial charge in [0.25, 0.3) is 15.7 Å². The largest absolute Gasteiger partial charge is 0.485 e. The van der Waals surface area contributed by atoms with Gasteiger partial charge in [-0.2, -0.15) is 13.7 Å². The number of pyridine rings is 1. The molecule has 0 fully saturated rings. The Morgan fingerprint density at radius 3 is 2.59 bits per heavy atom. The van der Waals surface area contributed by atoms with Crippen LogP contribution in [-0.2, 0) is 14.3 Å². The third-order valence-electron chi connectivity index (χ3n) is 4.90. The van der Waals surface area contributed by atoms with Crippen molar-refractivity contribution < 1.29 is 22.4 Å². The number of benzene rings is 1. The number of fused-ring (bicyclic) bond motifs is 1. The van der Waals surface area contributed by atoms with Crippen molar-refractivity contribution in [2.24, 2.45) is 0 Å². The van der Waals surface area contributed by atoms with E-state index in [0.29, 0.717) is 22.4 Å². The fourth-order valence-electron chi connectivity index (χ4n) is 3.44. The van der Waals surface area contributed by atoms with Crippen LogP contribution in [0, 0.1) is 11.3 Å². The Morgan fingerprint density at radius 2 is 2.00 bits per heavy atom. The van der Waals surface area contributed by atoms with Gasteiger partial charge < -0.3 is 14.4 Å². The van der Waals surface area contributed by atoms with Crippen LogP contribution in [0.4, 0.5) is 0 Å². The van der Waals surface area contributed by atoms with Gasteiger partial charge in [-0.15, -0.1) is 0 Å². The Kier molecular flexibility index (Phi) is 5.30. The number of aliphatic hydroxyl groups excluding tert-OH is 1. The maximum atomic E-state index is 12.9. The summed E-state index contributed by atoms with van der Waals surface area (Å²) in [5.74, 6) is 0.481. The molecule has 1 aliphatic rings. The minimum atomic E-state index is -3.68. The Bertz CT molecular complexity index is 1150. The second-order valence-electron chi connectivity index (χ2n) is 7.61. The molecule has 9 heteroatoms. The minimum absolute atomic E-state index is 0.379. The molecule has 0 saturated carbocycles. The van der Waals surface area contributed by atoms with E-state index in [2.05, 4.69) is 0 Å². The van der Waals surface area contributed by atoms with E-state index >= 15 is 0 Å². The van der Waals surface area contributed by atoms with E-state index in [1.807, 2.05) is 6.07 Å². The molecule has 8 nitrogen and oxygen atoms in total. The van der Waals surface area contributed by atoms with Gasteiger partial charge in [0.1, 0.15) is 17.5 Å². The second kappa shape index (κ2) is 7.30. The first-order valence-corrected chi connectivity index (χ1v) is 10.8. The number of hydrogen-bond acceptors (Lipinski definition) is 7. The van der Waals surface area contributed by atoms with Crippen LogP contribution in [0.2, 0.25) is 0 Å². The zero-order valence-electron chi connectivity index (χ0n) is 16.5. The molecule has 1 aromatic carbocycles. The van der Waals surface area contributed by atoms with Crippen molar-refractivity contribution in [1.29, 1.82) is 5.26 Å². The first-order chi connectivity index (χ1) is 13.4. The summed E-state index contributed by atoms with van der Waals surface area (Å²) in [4.78, 5) is 12.9. The second-order valence-corrected chi connectivity index (χ2v) is 9.21. The van der Waals surface area contributed by atoms with Crippen molar-refractivity contribution in [3.8, 4) is 11.8 Å². The highest BCUT2D eigenvalue weighted by Crippen LogP contribution is 2.41. The van der Waals surface area contributed by atoms with Crippen LogP contribution in [0.5, 0.6) is 5.75 Å². The van der Waals surface area contributed by atoms with Crippen molar-refractivity contribution >= 4 is 10.1 Å². The molecule has 3 rings (SSSR count). The van der Waals surface area contributed by atoms with Gasteiger partial charge in [0.15, 0.2) is 0 Å². The summed E-state index contributed by atoms with van der Waals surface area (Å²) in [5, 5.41) is 20.2. The van der Waals surface area contributed by atoms with Gasteiger partial charge in [-0.3, -0.25) is 8.98 Å². The highest BCUT2D eigenvalue weighted by molar-refractivity contribution is 7.86. The number of rotatable bonds is 4. The first kappa shape index (κ1) is 21.0. The van der Waals surface area contributed by atoms with E-state index < -0.39 is 39.5 Å². The van der Waals surface area contributed by atoms with E-state index in [4.69, 9.17) is 8.92 Å². The zero-order chi connectivity index (χ0) is 21.6. The number of aliphatic hydroxyl groups is 1. The first-order valence-electron chi connectivity index (χ1n) is 8.94. The topological polar surface area (TPSA) is 119 Å². The van der Waals surface area contributed by atoms with Crippen LogP contribution in [-0.4, -0.2) is 36.1 Å². The van der Waals surface area contributed by atoms with Gasteiger partial charge in [-0.05, 0) is 50.6 Å². The summed E-state index contributed by atoms with van der Waals surface area (Å²) in [6.07, 6.45) is 0.519. The molecule has 1 aromatic heterocycles. The number of nitriles is 1. The number of hydrogen-bond donors (Lipinski definition) is 1. The van der Waals surface area contributed by atoms with E-state index in [-0.39, 0.29) is 0 Å². The molecule has 0 radical (unpaired) electrons. The molecule has 1 N–H and O–H groups in total. The molecular weight excluding hydrogens is 396 g/mol. The Balaban J connectivity index is 2.10. The van der Waals surface area contributed by atoms with Crippen molar-refractivity contribution in [3.63, 3.8) is 0 Å². The molecule has 0 bridgehead atoms. The van der Waals surface area contributed by atoms with Gasteiger partial charge in [0, 0.05) is 17.8 Å². The van der Waals surface area contributed by atoms with E-state index in [0.717, 1.165) is 6.26 Å². The average Bonchev–Trinajstić information content (AvgIpc) is 2.61. The maximum Gasteiger partial charge on any atom is 0.264 e. The fourth-order valence-corrected chi connectivity index (χ4v) is 4.08. The van der Waals surface area contributed by atoms with Crippen LogP contribution in [0.15, 0.2) is 41.3 Å². The molecular formula is C20H22N2O6S. The lowest BCUT2D eigenvalue weighted by Crippen LogP contribution is -2.52. The minimum Gasteiger partial charge on any atom is -0.485 e. The normalized spacial score (nSPS) is 21.5.